The highest BCUT2D eigenvalue weighted by atomic mass is 16.5. The number of nitrogens with one attached hydrogen (secondary N) is 2. The van der Waals surface area contributed by atoms with Crippen molar-refractivity contribution in [3.8, 4) is 11.5 Å². The van der Waals surface area contributed by atoms with Crippen LogP contribution in [0, 0.1) is 12.8 Å². The molecule has 0 aliphatic carbocycles. The highest BCUT2D eigenvalue weighted by Gasteiger charge is 2.55. The van der Waals surface area contributed by atoms with Gasteiger partial charge in [0.25, 0.3) is 0 Å². The Bertz CT molecular complexity index is 886. The SMILES string of the molecule is COCCN1C(=O)C2NNC(c3cc(C)ccc3O)C2C1c1ccc(OC)cc1. The van der Waals surface area contributed by atoms with Gasteiger partial charge >= 0.3 is 0 Å². The molecule has 4 unspecified atom stereocenters. The molecule has 1 amide bonds. The number of hydrogen-bond donors (Lipinski definition) is 3. The van der Waals surface area contributed by atoms with Crippen LogP contribution in [0.15, 0.2) is 42.5 Å². The highest BCUT2D eigenvalue weighted by Crippen LogP contribution is 2.48. The van der Waals surface area contributed by atoms with Gasteiger partial charge in [-0.1, -0.05) is 29.8 Å². The molecule has 29 heavy (non-hydrogen) atoms. The molecule has 0 saturated carbocycles. The number of carbonyl (C=O) groups excluding carboxylic acids is 1. The number of nitrogens with zero attached hydrogens (tertiary/aromatic N) is 1. The standard InChI is InChI=1S/C22H27N3O4/c1-13-4-9-17(26)16(12-13)19-18-20(24-23-19)22(27)25(10-11-28-2)21(18)14-5-7-15(29-3)8-6-14/h4-9,12,18-21,23-24,26H,10-11H2,1-3H3. The molecular formula is C22H27N3O4. The van der Waals surface area contributed by atoms with Crippen molar-refractivity contribution in [3.05, 3.63) is 59.2 Å². The Kier molecular flexibility index (Phi) is 5.45. The second kappa shape index (κ2) is 8.02. The van der Waals surface area contributed by atoms with Gasteiger partial charge in [-0.3, -0.25) is 4.79 Å². The number of hydrazine groups is 1. The number of fused-ring (bicyclic) bond motifs is 1. The summed E-state index contributed by atoms with van der Waals surface area (Å²) in [6, 6.07) is 12.7. The van der Waals surface area contributed by atoms with Crippen LogP contribution >= 0.6 is 0 Å². The van der Waals surface area contributed by atoms with E-state index in [0.29, 0.717) is 13.2 Å². The van der Waals surface area contributed by atoms with Crippen LogP contribution in [0.4, 0.5) is 0 Å². The van der Waals surface area contributed by atoms with Crippen LogP contribution in [0.25, 0.3) is 0 Å². The number of aryl methyl sites for hydroxylation is 1. The van der Waals surface area contributed by atoms with Gasteiger partial charge < -0.3 is 19.5 Å². The Morgan fingerprint density at radius 1 is 1.07 bits per heavy atom. The maximum absolute atomic E-state index is 13.2. The maximum atomic E-state index is 13.2. The van der Waals surface area contributed by atoms with E-state index in [1.54, 1.807) is 20.3 Å². The molecule has 2 aliphatic rings. The zero-order valence-electron chi connectivity index (χ0n) is 16.9. The first-order chi connectivity index (χ1) is 14.0. The third-order valence-corrected chi connectivity index (χ3v) is 5.93. The fourth-order valence-corrected chi connectivity index (χ4v) is 4.53. The van der Waals surface area contributed by atoms with Crippen LogP contribution in [0.2, 0.25) is 0 Å². The molecule has 0 radical (unpaired) electrons. The van der Waals surface area contributed by atoms with Crippen LogP contribution < -0.4 is 15.6 Å². The van der Waals surface area contributed by atoms with E-state index < -0.39 is 0 Å². The number of aromatic hydroxyl groups is 1. The van der Waals surface area contributed by atoms with Crippen molar-refractivity contribution >= 4 is 5.91 Å². The molecule has 4 atom stereocenters. The fourth-order valence-electron chi connectivity index (χ4n) is 4.53. The number of likely N-dealkylation sites (tertiary alicyclic amines) is 1. The Hall–Kier alpha value is -2.61. The van der Waals surface area contributed by atoms with Crippen LogP contribution in [0.1, 0.15) is 28.8 Å². The van der Waals surface area contributed by atoms with Crippen molar-refractivity contribution in [2.24, 2.45) is 5.92 Å². The summed E-state index contributed by atoms with van der Waals surface area (Å²) in [6.07, 6.45) is 0. The first-order valence-corrected chi connectivity index (χ1v) is 9.79. The van der Waals surface area contributed by atoms with Gasteiger partial charge in [-0.05, 0) is 30.7 Å². The summed E-state index contributed by atoms with van der Waals surface area (Å²) in [7, 11) is 3.27. The van der Waals surface area contributed by atoms with Crippen molar-refractivity contribution in [2.45, 2.75) is 25.0 Å². The summed E-state index contributed by atoms with van der Waals surface area (Å²) in [5.41, 5.74) is 9.32. The minimum absolute atomic E-state index is 0.0370. The lowest BCUT2D eigenvalue weighted by Gasteiger charge is -2.31. The number of phenols is 1. The zero-order chi connectivity index (χ0) is 20.5. The normalized spacial score (nSPS) is 26.0. The molecule has 2 fully saturated rings. The molecule has 4 rings (SSSR count). The Labute approximate surface area is 170 Å². The van der Waals surface area contributed by atoms with Gasteiger partial charge in [0.05, 0.1) is 25.8 Å². The minimum atomic E-state index is -0.371. The van der Waals surface area contributed by atoms with Gasteiger partial charge in [-0.15, -0.1) is 0 Å². The minimum Gasteiger partial charge on any atom is -0.508 e. The molecule has 0 bridgehead atoms. The van der Waals surface area contributed by atoms with Crippen molar-refractivity contribution in [1.82, 2.24) is 15.8 Å². The highest BCUT2D eigenvalue weighted by molar-refractivity contribution is 5.86. The van der Waals surface area contributed by atoms with Gasteiger partial charge in [0.2, 0.25) is 5.91 Å². The molecular weight excluding hydrogens is 370 g/mol. The van der Waals surface area contributed by atoms with Gasteiger partial charge in [0.1, 0.15) is 17.5 Å². The van der Waals surface area contributed by atoms with Gasteiger partial charge in [-0.25, -0.2) is 10.9 Å². The quantitative estimate of drug-likeness (QED) is 0.692. The van der Waals surface area contributed by atoms with Crippen LogP contribution in [0.5, 0.6) is 11.5 Å². The summed E-state index contributed by atoms with van der Waals surface area (Å²) in [5.74, 6) is 0.955. The van der Waals surface area contributed by atoms with Gasteiger partial charge in [0.15, 0.2) is 0 Å². The average molecular weight is 397 g/mol. The summed E-state index contributed by atoms with van der Waals surface area (Å²) in [6.45, 7) is 2.97. The van der Waals surface area contributed by atoms with E-state index in [1.807, 2.05) is 48.2 Å². The third kappa shape index (κ3) is 3.46. The summed E-state index contributed by atoms with van der Waals surface area (Å²) < 4.78 is 10.5. The van der Waals surface area contributed by atoms with E-state index in [1.165, 1.54) is 0 Å². The molecule has 7 heteroatoms. The first-order valence-electron chi connectivity index (χ1n) is 9.79. The monoisotopic (exact) mass is 397 g/mol. The largest absolute Gasteiger partial charge is 0.508 e. The molecule has 3 N–H and O–H groups in total. The third-order valence-electron chi connectivity index (χ3n) is 5.93. The molecule has 2 aliphatic heterocycles. The zero-order valence-corrected chi connectivity index (χ0v) is 16.9. The number of phenolic OH excluding ortho intramolecular Hbond substituents is 1. The number of benzene rings is 2. The smallest absolute Gasteiger partial charge is 0.242 e. The van der Waals surface area contributed by atoms with Gasteiger partial charge in [0, 0.05) is 25.1 Å². The number of ether oxygens (including phenoxy) is 2. The lowest BCUT2D eigenvalue weighted by molar-refractivity contribution is -0.131. The molecule has 2 heterocycles. The van der Waals surface area contributed by atoms with E-state index in [4.69, 9.17) is 9.47 Å². The molecule has 0 spiro atoms. The predicted molar refractivity (Wildman–Crippen MR) is 108 cm³/mol. The number of rotatable bonds is 6. The van der Waals surface area contributed by atoms with Crippen LogP contribution in [-0.4, -0.2) is 49.3 Å². The van der Waals surface area contributed by atoms with Crippen molar-refractivity contribution in [2.75, 3.05) is 27.4 Å². The average Bonchev–Trinajstić information content (AvgIpc) is 3.27. The second-order valence-corrected chi connectivity index (χ2v) is 7.63. The van der Waals surface area contributed by atoms with Crippen LogP contribution in [-0.2, 0) is 9.53 Å². The molecule has 2 saturated heterocycles. The van der Waals surface area contributed by atoms with Crippen molar-refractivity contribution < 1.29 is 19.4 Å². The Morgan fingerprint density at radius 3 is 2.48 bits per heavy atom. The van der Waals surface area contributed by atoms with Crippen LogP contribution in [0.3, 0.4) is 0 Å². The van der Waals surface area contributed by atoms with Crippen molar-refractivity contribution in [1.29, 1.82) is 0 Å². The van der Waals surface area contributed by atoms with Gasteiger partial charge in [-0.2, -0.15) is 0 Å². The molecule has 2 aromatic carbocycles. The number of hydrogen-bond acceptors (Lipinski definition) is 6. The summed E-state index contributed by atoms with van der Waals surface area (Å²) in [5, 5.41) is 10.5. The lowest BCUT2D eigenvalue weighted by Crippen LogP contribution is -2.42. The fraction of sp³-hybridized carbons (Fsp3) is 0.409. The predicted octanol–water partition coefficient (Wildman–Crippen LogP) is 2.07. The lowest BCUT2D eigenvalue weighted by atomic mass is 9.83. The number of amides is 1. The molecule has 7 nitrogen and oxygen atoms in total. The van der Waals surface area contributed by atoms with E-state index in [2.05, 4.69) is 10.9 Å². The Balaban J connectivity index is 1.76. The first kappa shape index (κ1) is 19.7. The second-order valence-electron chi connectivity index (χ2n) is 7.63. The summed E-state index contributed by atoms with van der Waals surface area (Å²) in [4.78, 5) is 15.1. The molecule has 2 aromatic rings. The topological polar surface area (TPSA) is 83.1 Å². The number of methoxy groups -OCH3 is 2. The van der Waals surface area contributed by atoms with E-state index >= 15 is 0 Å². The maximum Gasteiger partial charge on any atom is 0.242 e. The van der Waals surface area contributed by atoms with E-state index in [0.717, 1.165) is 22.4 Å². The Morgan fingerprint density at radius 2 is 1.79 bits per heavy atom. The van der Waals surface area contributed by atoms with E-state index in [-0.39, 0.29) is 35.7 Å². The summed E-state index contributed by atoms with van der Waals surface area (Å²) >= 11 is 0. The van der Waals surface area contributed by atoms with E-state index in [9.17, 15) is 9.90 Å². The van der Waals surface area contributed by atoms with Crippen molar-refractivity contribution in [3.63, 3.8) is 0 Å². The molecule has 0 aromatic heterocycles. The number of carbonyl (C=O) groups is 1. The molecule has 154 valence electrons.